The van der Waals surface area contributed by atoms with Gasteiger partial charge >= 0.3 is 5.97 Å². The molecule has 0 atom stereocenters. The van der Waals surface area contributed by atoms with E-state index in [9.17, 15) is 9.59 Å². The molecule has 10 heteroatoms. The summed E-state index contributed by atoms with van der Waals surface area (Å²) in [6, 6.07) is 17.3. The Balaban J connectivity index is 1.39. The molecule has 4 rings (SSSR count). The summed E-state index contributed by atoms with van der Waals surface area (Å²) in [5.74, 6) is 0.734. The van der Waals surface area contributed by atoms with Crippen LogP contribution in [0.15, 0.2) is 65.1 Å². The fourth-order valence-electron chi connectivity index (χ4n) is 3.26. The molecule has 0 aliphatic rings. The smallest absolute Gasteiger partial charge is 0.341 e. The van der Waals surface area contributed by atoms with Crippen molar-refractivity contribution in [1.29, 1.82) is 0 Å². The quantitative estimate of drug-likeness (QED) is 0.252. The highest BCUT2D eigenvalue weighted by Gasteiger charge is 2.22. The van der Waals surface area contributed by atoms with Crippen LogP contribution in [0.1, 0.15) is 21.7 Å². The molecule has 8 nitrogen and oxygen atoms in total. The largest absolute Gasteiger partial charge is 0.486 e. The van der Waals surface area contributed by atoms with Gasteiger partial charge in [-0.1, -0.05) is 59.8 Å². The highest BCUT2D eigenvalue weighted by atomic mass is 32.2. The van der Waals surface area contributed by atoms with E-state index >= 15 is 0 Å². The first-order valence-corrected chi connectivity index (χ1v) is 12.6. The van der Waals surface area contributed by atoms with Crippen LogP contribution in [0.5, 0.6) is 5.75 Å². The van der Waals surface area contributed by atoms with Gasteiger partial charge in [0.25, 0.3) is 0 Å². The molecule has 2 aromatic heterocycles. The number of carbonyl (C=O) groups excluding carboxylic acids is 2. The predicted molar refractivity (Wildman–Crippen MR) is 137 cm³/mol. The summed E-state index contributed by atoms with van der Waals surface area (Å²) in [5, 5.41) is 14.1. The Morgan fingerprint density at radius 2 is 1.83 bits per heavy atom. The van der Waals surface area contributed by atoms with Crippen molar-refractivity contribution in [1.82, 2.24) is 14.8 Å². The average molecular weight is 509 g/mol. The van der Waals surface area contributed by atoms with E-state index in [0.29, 0.717) is 21.5 Å². The number of thioether (sulfide) groups is 1. The van der Waals surface area contributed by atoms with E-state index in [2.05, 4.69) is 15.5 Å². The van der Waals surface area contributed by atoms with Crippen LogP contribution in [-0.4, -0.2) is 39.5 Å². The van der Waals surface area contributed by atoms with E-state index in [1.54, 1.807) is 4.57 Å². The molecule has 0 aliphatic heterocycles. The Bertz CT molecular complexity index is 1320. The second kappa shape index (κ2) is 11.2. The van der Waals surface area contributed by atoms with Gasteiger partial charge in [-0.05, 0) is 24.6 Å². The molecular weight excluding hydrogens is 484 g/mol. The third-order valence-corrected chi connectivity index (χ3v) is 7.08. The number of methoxy groups -OCH3 is 1. The van der Waals surface area contributed by atoms with Gasteiger partial charge in [0.15, 0.2) is 11.0 Å². The Morgan fingerprint density at radius 1 is 1.09 bits per heavy atom. The number of ether oxygens (including phenoxy) is 2. The number of thiophene rings is 1. The van der Waals surface area contributed by atoms with Crippen LogP contribution in [0.4, 0.5) is 5.00 Å². The number of hydrogen-bond acceptors (Lipinski definition) is 8. The van der Waals surface area contributed by atoms with Crippen LogP contribution < -0.4 is 10.1 Å². The third-order valence-electron chi connectivity index (χ3n) is 5.16. The second-order valence-electron chi connectivity index (χ2n) is 7.61. The van der Waals surface area contributed by atoms with Gasteiger partial charge in [-0.3, -0.25) is 4.79 Å². The van der Waals surface area contributed by atoms with Crippen LogP contribution in [0.2, 0.25) is 0 Å². The number of carbonyl (C=O) groups is 2. The summed E-state index contributed by atoms with van der Waals surface area (Å²) >= 11 is 2.54. The number of aromatic nitrogens is 3. The molecule has 0 unspecified atom stereocenters. The van der Waals surface area contributed by atoms with Crippen molar-refractivity contribution in [2.45, 2.75) is 18.7 Å². The van der Waals surface area contributed by atoms with Crippen LogP contribution in [0.25, 0.3) is 11.1 Å². The molecule has 4 aromatic rings. The molecule has 0 fully saturated rings. The van der Waals surface area contributed by atoms with Crippen molar-refractivity contribution in [2.75, 3.05) is 18.2 Å². The third kappa shape index (κ3) is 5.90. The van der Waals surface area contributed by atoms with Gasteiger partial charge < -0.3 is 19.4 Å². The fourth-order valence-corrected chi connectivity index (χ4v) is 4.96. The molecular formula is C25H24N4O4S2. The Hall–Kier alpha value is -3.63. The molecule has 180 valence electrons. The van der Waals surface area contributed by atoms with Gasteiger partial charge in [-0.2, -0.15) is 0 Å². The highest BCUT2D eigenvalue weighted by Crippen LogP contribution is 2.36. The van der Waals surface area contributed by atoms with Crippen LogP contribution in [0.3, 0.4) is 0 Å². The van der Waals surface area contributed by atoms with E-state index in [4.69, 9.17) is 9.47 Å². The monoisotopic (exact) mass is 508 g/mol. The maximum absolute atomic E-state index is 12.7. The van der Waals surface area contributed by atoms with E-state index < -0.39 is 5.97 Å². The summed E-state index contributed by atoms with van der Waals surface area (Å²) in [5.41, 5.74) is 3.09. The highest BCUT2D eigenvalue weighted by molar-refractivity contribution is 7.99. The molecule has 0 saturated carbocycles. The van der Waals surface area contributed by atoms with E-state index in [1.165, 1.54) is 30.2 Å². The minimum absolute atomic E-state index is 0.101. The lowest BCUT2D eigenvalue weighted by molar-refractivity contribution is -0.113. The van der Waals surface area contributed by atoms with Crippen molar-refractivity contribution < 1.29 is 19.1 Å². The van der Waals surface area contributed by atoms with E-state index in [0.717, 1.165) is 22.4 Å². The summed E-state index contributed by atoms with van der Waals surface area (Å²) in [6.07, 6.45) is 0. The van der Waals surface area contributed by atoms with Gasteiger partial charge in [-0.25, -0.2) is 4.79 Å². The van der Waals surface area contributed by atoms with Crippen molar-refractivity contribution in [3.8, 4) is 16.9 Å². The number of anilines is 1. The summed E-state index contributed by atoms with van der Waals surface area (Å²) in [6.45, 7) is 2.28. The summed E-state index contributed by atoms with van der Waals surface area (Å²) < 4.78 is 12.5. The van der Waals surface area contributed by atoms with Gasteiger partial charge in [0.05, 0.1) is 12.9 Å². The van der Waals surface area contributed by atoms with Crippen molar-refractivity contribution in [2.24, 2.45) is 7.05 Å². The zero-order valence-corrected chi connectivity index (χ0v) is 21.1. The van der Waals surface area contributed by atoms with Gasteiger partial charge in [0.2, 0.25) is 5.91 Å². The molecule has 0 radical (unpaired) electrons. The molecule has 2 heterocycles. The maximum atomic E-state index is 12.7. The molecule has 0 spiro atoms. The number of esters is 1. The molecule has 0 aliphatic carbocycles. The van der Waals surface area contributed by atoms with Crippen molar-refractivity contribution in [3.05, 3.63) is 76.9 Å². The number of hydrogen-bond donors (Lipinski definition) is 1. The number of aryl methyl sites for hydroxylation is 1. The first-order chi connectivity index (χ1) is 17.0. The zero-order valence-electron chi connectivity index (χ0n) is 19.5. The molecule has 0 bridgehead atoms. The first kappa shape index (κ1) is 24.5. The molecule has 2 aromatic carbocycles. The van der Waals surface area contributed by atoms with Crippen molar-refractivity contribution >= 4 is 40.0 Å². The van der Waals surface area contributed by atoms with Crippen LogP contribution >= 0.6 is 23.1 Å². The van der Waals surface area contributed by atoms with Crippen LogP contribution in [0, 0.1) is 6.92 Å². The topological polar surface area (TPSA) is 95.3 Å². The van der Waals surface area contributed by atoms with E-state index in [1.807, 2.05) is 73.9 Å². The lowest BCUT2D eigenvalue weighted by atomic mass is 10.0. The average Bonchev–Trinajstić information content (AvgIpc) is 3.45. The summed E-state index contributed by atoms with van der Waals surface area (Å²) in [4.78, 5) is 25.2. The lowest BCUT2D eigenvalue weighted by Crippen LogP contribution is -2.16. The SMILES string of the molecule is COC(=O)c1c(-c2ccccc2)csc1NC(=O)CSc1nnc(COc2ccc(C)cc2)n1C. The molecule has 1 N–H and O–H groups in total. The molecule has 0 saturated heterocycles. The zero-order chi connectivity index (χ0) is 24.8. The maximum Gasteiger partial charge on any atom is 0.341 e. The van der Waals surface area contributed by atoms with Gasteiger partial charge in [-0.15, -0.1) is 21.5 Å². The number of benzene rings is 2. The minimum atomic E-state index is -0.500. The lowest BCUT2D eigenvalue weighted by Gasteiger charge is -2.08. The normalized spacial score (nSPS) is 10.7. The summed E-state index contributed by atoms with van der Waals surface area (Å²) in [7, 11) is 3.15. The number of rotatable bonds is 9. The van der Waals surface area contributed by atoms with Crippen LogP contribution in [-0.2, 0) is 23.2 Å². The standard InChI is InChI=1S/C25H24N4O4S2/c1-16-9-11-18(12-10-16)33-13-20-27-28-25(29(20)2)35-15-21(30)26-23-22(24(31)32-3)19(14-34-23)17-7-5-4-6-8-17/h4-12,14H,13,15H2,1-3H3,(H,26,30). The fraction of sp³-hybridized carbons (Fsp3) is 0.200. The van der Waals surface area contributed by atoms with Crippen molar-refractivity contribution in [3.63, 3.8) is 0 Å². The Labute approximate surface area is 211 Å². The molecule has 35 heavy (non-hydrogen) atoms. The Kier molecular flexibility index (Phi) is 7.84. The number of nitrogens with one attached hydrogen (secondary N) is 1. The van der Waals surface area contributed by atoms with Gasteiger partial charge in [0.1, 0.15) is 22.9 Å². The first-order valence-electron chi connectivity index (χ1n) is 10.7. The minimum Gasteiger partial charge on any atom is -0.486 e. The number of nitrogens with zero attached hydrogens (tertiary/aromatic N) is 3. The van der Waals surface area contributed by atoms with E-state index in [-0.39, 0.29) is 18.3 Å². The molecule has 1 amide bonds. The second-order valence-corrected chi connectivity index (χ2v) is 9.43. The van der Waals surface area contributed by atoms with Gasteiger partial charge in [0, 0.05) is 18.0 Å². The predicted octanol–water partition coefficient (Wildman–Crippen LogP) is 4.95. The number of amides is 1. The Morgan fingerprint density at radius 3 is 2.54 bits per heavy atom.